The van der Waals surface area contributed by atoms with Gasteiger partial charge in [-0.2, -0.15) is 0 Å². The van der Waals surface area contributed by atoms with E-state index in [9.17, 15) is 9.59 Å². The highest BCUT2D eigenvalue weighted by atomic mass is 32.2. The molecule has 0 spiro atoms. The number of amides is 1. The summed E-state index contributed by atoms with van der Waals surface area (Å²) >= 11 is 1.62. The van der Waals surface area contributed by atoms with Crippen LogP contribution in [0.15, 0.2) is 51.8 Å². The number of carbonyl (C=O) groups is 2. The molecule has 1 aromatic heterocycles. The highest BCUT2D eigenvalue weighted by Crippen LogP contribution is 2.20. The number of Topliss-reactive ketones (excluding diaryl/α,β-unsaturated/α-hetero) is 1. The lowest BCUT2D eigenvalue weighted by Gasteiger charge is -2.05. The molecule has 0 radical (unpaired) electrons. The van der Waals surface area contributed by atoms with Crippen molar-refractivity contribution >= 4 is 40.2 Å². The number of ketones is 1. The van der Waals surface area contributed by atoms with Gasteiger partial charge in [0.15, 0.2) is 17.3 Å². The highest BCUT2D eigenvalue weighted by molar-refractivity contribution is 7.98. The van der Waals surface area contributed by atoms with Gasteiger partial charge in [-0.25, -0.2) is 4.98 Å². The fourth-order valence-corrected chi connectivity index (χ4v) is 2.90. The maximum absolute atomic E-state index is 12.2. The number of anilines is 1. The molecule has 1 N–H and O–H groups in total. The van der Waals surface area contributed by atoms with Gasteiger partial charge in [0.2, 0.25) is 5.91 Å². The Kier molecular flexibility index (Phi) is 5.19. The molecule has 5 nitrogen and oxygen atoms in total. The van der Waals surface area contributed by atoms with E-state index in [1.54, 1.807) is 49.0 Å². The van der Waals surface area contributed by atoms with Crippen molar-refractivity contribution in [1.29, 1.82) is 0 Å². The molecule has 1 heterocycles. The Bertz CT molecular complexity index is 916. The lowest BCUT2D eigenvalue weighted by atomic mass is 10.1. The molecule has 0 fully saturated rings. The van der Waals surface area contributed by atoms with Crippen molar-refractivity contribution in [2.45, 2.75) is 24.7 Å². The van der Waals surface area contributed by atoms with E-state index in [-0.39, 0.29) is 24.5 Å². The molecular formula is C19H18N2O3S. The van der Waals surface area contributed by atoms with E-state index < -0.39 is 0 Å². The van der Waals surface area contributed by atoms with E-state index in [2.05, 4.69) is 10.3 Å². The summed E-state index contributed by atoms with van der Waals surface area (Å²) in [6.45, 7) is 1.77. The molecule has 0 aliphatic rings. The van der Waals surface area contributed by atoms with Crippen LogP contribution in [0.1, 0.15) is 29.1 Å². The lowest BCUT2D eigenvalue weighted by Crippen LogP contribution is -2.13. The monoisotopic (exact) mass is 354 g/mol. The van der Waals surface area contributed by atoms with Crippen LogP contribution in [0, 0.1) is 6.92 Å². The number of aryl methyl sites for hydroxylation is 1. The Balaban J connectivity index is 1.56. The summed E-state index contributed by atoms with van der Waals surface area (Å²) < 4.78 is 5.40. The number of carbonyl (C=O) groups excluding carboxylic acids is 2. The number of benzene rings is 2. The van der Waals surface area contributed by atoms with Gasteiger partial charge < -0.3 is 9.73 Å². The molecule has 128 valence electrons. The van der Waals surface area contributed by atoms with Crippen LogP contribution in [-0.4, -0.2) is 22.9 Å². The molecule has 6 heteroatoms. The third kappa shape index (κ3) is 4.28. The largest absolute Gasteiger partial charge is 0.441 e. The lowest BCUT2D eigenvalue weighted by molar-refractivity contribution is -0.116. The Morgan fingerprint density at radius 2 is 1.88 bits per heavy atom. The van der Waals surface area contributed by atoms with Crippen LogP contribution in [-0.2, 0) is 4.79 Å². The minimum Gasteiger partial charge on any atom is -0.441 e. The van der Waals surface area contributed by atoms with Gasteiger partial charge in [0.05, 0.1) is 0 Å². The zero-order valence-corrected chi connectivity index (χ0v) is 14.9. The van der Waals surface area contributed by atoms with Crippen molar-refractivity contribution in [3.63, 3.8) is 0 Å². The quantitative estimate of drug-likeness (QED) is 0.523. The summed E-state index contributed by atoms with van der Waals surface area (Å²) in [6, 6.07) is 12.7. The number of nitrogens with zero attached hydrogens (tertiary/aromatic N) is 1. The first-order valence-electron chi connectivity index (χ1n) is 7.89. The topological polar surface area (TPSA) is 72.2 Å². The normalized spacial score (nSPS) is 10.8. The second-order valence-electron chi connectivity index (χ2n) is 5.62. The summed E-state index contributed by atoms with van der Waals surface area (Å²) in [5.74, 6) is 0.343. The Hall–Kier alpha value is -2.60. The van der Waals surface area contributed by atoms with E-state index in [1.165, 1.54) is 0 Å². The van der Waals surface area contributed by atoms with E-state index in [0.717, 1.165) is 4.90 Å². The number of oxazole rings is 1. The zero-order valence-electron chi connectivity index (χ0n) is 14.0. The molecule has 0 aliphatic heterocycles. The predicted molar refractivity (Wildman–Crippen MR) is 99.2 cm³/mol. The summed E-state index contributed by atoms with van der Waals surface area (Å²) in [6.07, 6.45) is 2.30. The van der Waals surface area contributed by atoms with Gasteiger partial charge >= 0.3 is 0 Å². The van der Waals surface area contributed by atoms with Crippen molar-refractivity contribution in [1.82, 2.24) is 4.98 Å². The van der Waals surface area contributed by atoms with Crippen molar-refractivity contribution in [2.75, 3.05) is 11.6 Å². The third-order valence-corrected chi connectivity index (χ3v) is 4.51. The van der Waals surface area contributed by atoms with Crippen molar-refractivity contribution < 1.29 is 14.0 Å². The smallest absolute Gasteiger partial charge is 0.224 e. The van der Waals surface area contributed by atoms with Gasteiger partial charge in [-0.15, -0.1) is 11.8 Å². The molecule has 0 atom stereocenters. The fourth-order valence-electron chi connectivity index (χ4n) is 2.49. The van der Waals surface area contributed by atoms with Crippen LogP contribution >= 0.6 is 11.8 Å². The van der Waals surface area contributed by atoms with Gasteiger partial charge in [0.1, 0.15) is 5.52 Å². The Morgan fingerprint density at radius 1 is 1.12 bits per heavy atom. The minimum atomic E-state index is -0.200. The molecule has 3 aromatic rings. The number of hydrogen-bond donors (Lipinski definition) is 1. The average molecular weight is 354 g/mol. The molecule has 0 unspecified atom stereocenters. The maximum atomic E-state index is 12.2. The predicted octanol–water partition coefficient (Wildman–Crippen LogP) is 4.46. The summed E-state index contributed by atoms with van der Waals surface area (Å²) in [5, 5.41) is 2.79. The molecule has 0 saturated heterocycles. The van der Waals surface area contributed by atoms with Crippen molar-refractivity contribution in [3.8, 4) is 0 Å². The first-order chi connectivity index (χ1) is 12.0. The Labute approximate surface area is 149 Å². The standard InChI is InChI=1S/C19H18N2O3S/c1-12-20-16-11-14(5-9-18(16)24-12)21-19(23)10-8-17(22)13-3-6-15(25-2)7-4-13/h3-7,9,11H,8,10H2,1-2H3,(H,21,23). The minimum absolute atomic E-state index is 0.0367. The number of nitrogens with one attached hydrogen (secondary N) is 1. The number of hydrogen-bond acceptors (Lipinski definition) is 5. The van der Waals surface area contributed by atoms with Gasteiger partial charge in [-0.1, -0.05) is 12.1 Å². The van der Waals surface area contributed by atoms with Crippen LogP contribution in [0.25, 0.3) is 11.1 Å². The zero-order chi connectivity index (χ0) is 17.8. The third-order valence-electron chi connectivity index (χ3n) is 3.77. The average Bonchev–Trinajstić information content (AvgIpc) is 2.99. The van der Waals surface area contributed by atoms with Crippen molar-refractivity contribution in [2.24, 2.45) is 0 Å². The van der Waals surface area contributed by atoms with E-state index in [0.29, 0.717) is 28.2 Å². The van der Waals surface area contributed by atoms with Gasteiger partial charge in [0.25, 0.3) is 0 Å². The van der Waals surface area contributed by atoms with Crippen LogP contribution < -0.4 is 5.32 Å². The summed E-state index contributed by atoms with van der Waals surface area (Å²) in [4.78, 5) is 29.6. The van der Waals surface area contributed by atoms with Gasteiger partial charge in [-0.3, -0.25) is 9.59 Å². The number of aromatic nitrogens is 1. The van der Waals surface area contributed by atoms with Crippen LogP contribution in [0.3, 0.4) is 0 Å². The van der Waals surface area contributed by atoms with E-state index >= 15 is 0 Å². The van der Waals surface area contributed by atoms with E-state index in [1.807, 2.05) is 18.4 Å². The Morgan fingerprint density at radius 3 is 2.60 bits per heavy atom. The maximum Gasteiger partial charge on any atom is 0.224 e. The number of thioether (sulfide) groups is 1. The van der Waals surface area contributed by atoms with Crippen LogP contribution in [0.5, 0.6) is 0 Å². The van der Waals surface area contributed by atoms with Gasteiger partial charge in [0, 0.05) is 35.9 Å². The first kappa shape index (κ1) is 17.2. The number of fused-ring (bicyclic) bond motifs is 1. The van der Waals surface area contributed by atoms with Crippen molar-refractivity contribution in [3.05, 3.63) is 53.9 Å². The molecule has 3 rings (SSSR count). The summed E-state index contributed by atoms with van der Waals surface area (Å²) in [7, 11) is 0. The van der Waals surface area contributed by atoms with Crippen LogP contribution in [0.4, 0.5) is 5.69 Å². The second-order valence-corrected chi connectivity index (χ2v) is 6.49. The molecule has 0 bridgehead atoms. The fraction of sp³-hybridized carbons (Fsp3) is 0.211. The highest BCUT2D eigenvalue weighted by Gasteiger charge is 2.11. The first-order valence-corrected chi connectivity index (χ1v) is 9.12. The SMILES string of the molecule is CSc1ccc(C(=O)CCC(=O)Nc2ccc3oc(C)nc3c2)cc1. The molecule has 1 amide bonds. The second kappa shape index (κ2) is 7.53. The van der Waals surface area contributed by atoms with Gasteiger partial charge in [-0.05, 0) is 36.6 Å². The molecular weight excluding hydrogens is 336 g/mol. The molecule has 0 aliphatic carbocycles. The molecule has 2 aromatic carbocycles. The van der Waals surface area contributed by atoms with Crippen LogP contribution in [0.2, 0.25) is 0 Å². The number of rotatable bonds is 6. The van der Waals surface area contributed by atoms with E-state index in [4.69, 9.17) is 4.42 Å². The molecule has 0 saturated carbocycles. The summed E-state index contributed by atoms with van der Waals surface area (Å²) in [5.41, 5.74) is 2.65. The molecule has 25 heavy (non-hydrogen) atoms.